The zero-order chi connectivity index (χ0) is 20.5. The number of ketones is 1. The summed E-state index contributed by atoms with van der Waals surface area (Å²) in [7, 11) is -3.13. The lowest BCUT2D eigenvalue weighted by Crippen LogP contribution is -2.46. The number of H-pyrrole nitrogens is 1. The molecule has 27 heavy (non-hydrogen) atoms. The van der Waals surface area contributed by atoms with E-state index in [1.54, 1.807) is 20.8 Å². The van der Waals surface area contributed by atoms with Gasteiger partial charge in [0.15, 0.2) is 21.7 Å². The first-order chi connectivity index (χ1) is 12.5. The number of rotatable bonds is 6. The second-order valence-corrected chi connectivity index (χ2v) is 9.14. The Kier molecular flexibility index (Phi) is 6.14. The molecule has 0 bridgehead atoms. The lowest BCUT2D eigenvalue weighted by atomic mass is 10.1. The summed E-state index contributed by atoms with van der Waals surface area (Å²) in [5.74, 6) is -1.32. The highest BCUT2D eigenvalue weighted by Crippen LogP contribution is 2.21. The normalized spacial score (nSPS) is 19.5. The van der Waals surface area contributed by atoms with Gasteiger partial charge >= 0.3 is 5.97 Å². The van der Waals surface area contributed by atoms with Crippen molar-refractivity contribution >= 4 is 27.5 Å². The van der Waals surface area contributed by atoms with Crippen molar-refractivity contribution in [1.29, 1.82) is 0 Å². The highest BCUT2D eigenvalue weighted by Gasteiger charge is 2.36. The van der Waals surface area contributed by atoms with E-state index < -0.39 is 33.9 Å². The highest BCUT2D eigenvalue weighted by molar-refractivity contribution is 7.91. The molecule has 1 aromatic heterocycles. The molecule has 150 valence electrons. The Morgan fingerprint density at radius 1 is 1.30 bits per heavy atom. The van der Waals surface area contributed by atoms with Gasteiger partial charge in [-0.25, -0.2) is 13.2 Å². The molecule has 1 N–H and O–H groups in total. The third-order valence-corrected chi connectivity index (χ3v) is 6.65. The molecule has 8 nitrogen and oxygen atoms in total. The van der Waals surface area contributed by atoms with Gasteiger partial charge < -0.3 is 14.6 Å². The maximum Gasteiger partial charge on any atom is 0.355 e. The SMILES string of the molecule is CCN(C(=O)[C@@H](C)OC(=O)c1[nH]c(C)c(C(C)=O)c1C)[C@H]1CCS(=O)(=O)C1. The fraction of sp³-hybridized carbons (Fsp3) is 0.611. The number of nitrogens with zero attached hydrogens (tertiary/aromatic N) is 1. The van der Waals surface area contributed by atoms with E-state index in [2.05, 4.69) is 4.98 Å². The Balaban J connectivity index is 2.13. The van der Waals surface area contributed by atoms with Crippen molar-refractivity contribution < 1.29 is 27.5 Å². The monoisotopic (exact) mass is 398 g/mol. The van der Waals surface area contributed by atoms with Crippen molar-refractivity contribution in [3.63, 3.8) is 0 Å². The third-order valence-electron chi connectivity index (χ3n) is 4.90. The van der Waals surface area contributed by atoms with Gasteiger partial charge in [-0.3, -0.25) is 9.59 Å². The molecule has 2 heterocycles. The van der Waals surface area contributed by atoms with Gasteiger partial charge in [-0.2, -0.15) is 0 Å². The molecule has 1 aliphatic rings. The molecule has 1 saturated heterocycles. The van der Waals surface area contributed by atoms with E-state index in [-0.39, 0.29) is 23.0 Å². The van der Waals surface area contributed by atoms with Gasteiger partial charge in [-0.1, -0.05) is 0 Å². The minimum absolute atomic E-state index is 0.0599. The number of ether oxygens (including phenoxy) is 1. The minimum Gasteiger partial charge on any atom is -0.448 e. The largest absolute Gasteiger partial charge is 0.448 e. The Hall–Kier alpha value is -2.16. The second kappa shape index (κ2) is 7.84. The van der Waals surface area contributed by atoms with Crippen LogP contribution >= 0.6 is 0 Å². The van der Waals surface area contributed by atoms with E-state index in [4.69, 9.17) is 4.74 Å². The number of carbonyl (C=O) groups is 3. The minimum atomic E-state index is -3.13. The molecular formula is C18H26N2O6S. The standard InChI is InChI=1S/C18H26N2O6S/c1-6-20(14-7-8-27(24,25)9-14)17(22)13(5)26-18(23)16-10(2)15(12(4)21)11(3)19-16/h13-14,19H,6-9H2,1-5H3/t13-,14+/m1/s1. The van der Waals surface area contributed by atoms with Crippen LogP contribution in [-0.2, 0) is 19.4 Å². The van der Waals surface area contributed by atoms with Crippen LogP contribution in [0, 0.1) is 13.8 Å². The van der Waals surface area contributed by atoms with Crippen LogP contribution < -0.4 is 0 Å². The van der Waals surface area contributed by atoms with Crippen LogP contribution in [0.25, 0.3) is 0 Å². The Morgan fingerprint density at radius 2 is 1.93 bits per heavy atom. The van der Waals surface area contributed by atoms with Crippen molar-refractivity contribution in [1.82, 2.24) is 9.88 Å². The fourth-order valence-corrected chi connectivity index (χ4v) is 5.33. The number of nitrogens with one attached hydrogen (secondary N) is 1. The van der Waals surface area contributed by atoms with E-state index in [0.29, 0.717) is 29.8 Å². The zero-order valence-electron chi connectivity index (χ0n) is 16.3. The number of amides is 1. The Morgan fingerprint density at radius 3 is 2.37 bits per heavy atom. The summed E-state index contributed by atoms with van der Waals surface area (Å²) in [5.41, 5.74) is 1.63. The van der Waals surface area contributed by atoms with E-state index in [1.807, 2.05) is 0 Å². The van der Waals surface area contributed by atoms with Gasteiger partial charge in [-0.05, 0) is 46.6 Å². The number of aryl methyl sites for hydroxylation is 1. The first-order valence-corrected chi connectivity index (χ1v) is 10.7. The molecular weight excluding hydrogens is 372 g/mol. The number of aromatic amines is 1. The highest BCUT2D eigenvalue weighted by atomic mass is 32.2. The van der Waals surface area contributed by atoms with Crippen LogP contribution in [0.1, 0.15) is 59.3 Å². The zero-order valence-corrected chi connectivity index (χ0v) is 17.1. The molecule has 0 spiro atoms. The molecule has 9 heteroatoms. The summed E-state index contributed by atoms with van der Waals surface area (Å²) in [6.45, 7) is 8.30. The molecule has 0 unspecified atom stereocenters. The lowest BCUT2D eigenvalue weighted by molar-refractivity contribution is -0.141. The quantitative estimate of drug-likeness (QED) is 0.573. The molecule has 0 aromatic carbocycles. The second-order valence-electron chi connectivity index (χ2n) is 6.91. The average molecular weight is 398 g/mol. The van der Waals surface area contributed by atoms with Gasteiger partial charge in [0, 0.05) is 23.8 Å². The van der Waals surface area contributed by atoms with Crippen LogP contribution in [0.5, 0.6) is 0 Å². The maximum absolute atomic E-state index is 12.7. The smallest absolute Gasteiger partial charge is 0.355 e. The first-order valence-electron chi connectivity index (χ1n) is 8.90. The van der Waals surface area contributed by atoms with E-state index in [1.165, 1.54) is 18.7 Å². The summed E-state index contributed by atoms with van der Waals surface area (Å²) in [4.78, 5) is 41.2. The number of likely N-dealkylation sites (N-methyl/N-ethyl adjacent to an activating group) is 1. The van der Waals surface area contributed by atoms with Crippen LogP contribution in [0.15, 0.2) is 0 Å². The number of aromatic nitrogens is 1. The first kappa shape index (κ1) is 21.1. The molecule has 1 fully saturated rings. The number of esters is 1. The summed E-state index contributed by atoms with van der Waals surface area (Å²) in [5, 5.41) is 0. The van der Waals surface area contributed by atoms with Gasteiger partial charge in [0.2, 0.25) is 0 Å². The van der Waals surface area contributed by atoms with Gasteiger partial charge in [0.1, 0.15) is 5.69 Å². The summed E-state index contributed by atoms with van der Waals surface area (Å²) in [6.07, 6.45) is -0.677. The fourth-order valence-electron chi connectivity index (χ4n) is 3.60. The molecule has 0 aliphatic carbocycles. The molecule has 0 radical (unpaired) electrons. The summed E-state index contributed by atoms with van der Waals surface area (Å²) in [6, 6.07) is -0.396. The lowest BCUT2D eigenvalue weighted by Gasteiger charge is -2.29. The van der Waals surface area contributed by atoms with Crippen molar-refractivity contribution in [3.8, 4) is 0 Å². The number of hydrogen-bond donors (Lipinski definition) is 1. The van der Waals surface area contributed by atoms with Crippen LogP contribution in [0.2, 0.25) is 0 Å². The Bertz CT molecular complexity index is 871. The van der Waals surface area contributed by atoms with Crippen LogP contribution in [0.3, 0.4) is 0 Å². The van der Waals surface area contributed by atoms with E-state index >= 15 is 0 Å². The molecule has 1 aliphatic heterocycles. The molecule has 1 aromatic rings. The van der Waals surface area contributed by atoms with Gasteiger partial charge in [0.25, 0.3) is 5.91 Å². The van der Waals surface area contributed by atoms with Crippen molar-refractivity contribution in [2.45, 2.75) is 53.2 Å². The average Bonchev–Trinajstić information content (AvgIpc) is 3.06. The van der Waals surface area contributed by atoms with Crippen molar-refractivity contribution in [3.05, 3.63) is 22.5 Å². The van der Waals surface area contributed by atoms with Crippen molar-refractivity contribution in [2.75, 3.05) is 18.1 Å². The topological polar surface area (TPSA) is 114 Å². The predicted octanol–water partition coefficient (Wildman–Crippen LogP) is 1.42. The Labute approximate surface area is 159 Å². The maximum atomic E-state index is 12.7. The van der Waals surface area contributed by atoms with E-state index in [0.717, 1.165) is 0 Å². The van der Waals surface area contributed by atoms with E-state index in [9.17, 15) is 22.8 Å². The van der Waals surface area contributed by atoms with Gasteiger partial charge in [0.05, 0.1) is 11.5 Å². The molecule has 2 rings (SSSR count). The number of sulfone groups is 1. The van der Waals surface area contributed by atoms with Crippen LogP contribution in [-0.4, -0.2) is 66.2 Å². The molecule has 1 amide bonds. The van der Waals surface area contributed by atoms with Gasteiger partial charge in [-0.15, -0.1) is 0 Å². The summed E-state index contributed by atoms with van der Waals surface area (Å²) >= 11 is 0. The number of Topliss-reactive ketones (excluding diaryl/α,β-unsaturated/α-hetero) is 1. The van der Waals surface area contributed by atoms with Crippen molar-refractivity contribution in [2.24, 2.45) is 0 Å². The summed E-state index contributed by atoms with van der Waals surface area (Å²) < 4.78 is 28.7. The predicted molar refractivity (Wildman–Crippen MR) is 99.6 cm³/mol. The number of carbonyl (C=O) groups excluding carboxylic acids is 3. The third kappa shape index (κ3) is 4.40. The molecule has 2 atom stereocenters. The molecule has 0 saturated carbocycles. The van der Waals surface area contributed by atoms with Crippen LogP contribution in [0.4, 0.5) is 0 Å². The number of hydrogen-bond acceptors (Lipinski definition) is 6.